The third kappa shape index (κ3) is 8.57. The average Bonchev–Trinajstić information content (AvgIpc) is 3.39. The highest BCUT2D eigenvalue weighted by atomic mass is 32.2. The number of amides is 3. The maximum absolute atomic E-state index is 13.6. The number of urea groups is 1. The standard InChI is InChI=1S/C34H46N6O7S/c1-33(2,3)46-31(42)39-20-18-38(19-21-39)30(41)35-24-14-12-23(13-15-24)29-36-27-17-16-25(37-48(44,45)26-10-8-7-9-11-26)22-28(27)40(29)32(43)47-34(4,5)6/h7-11,16-17,22-24,37H,12-15,18-21H2,1-6H3,(H,35,41). The van der Waals surface area contributed by atoms with Crippen LogP contribution in [0.5, 0.6) is 0 Å². The predicted molar refractivity (Wildman–Crippen MR) is 182 cm³/mol. The molecule has 0 bridgehead atoms. The number of imidazole rings is 1. The number of carbonyl (C=O) groups is 3. The van der Waals surface area contributed by atoms with Crippen LogP contribution in [0.25, 0.3) is 11.0 Å². The zero-order valence-electron chi connectivity index (χ0n) is 28.5. The first kappa shape index (κ1) is 35.0. The largest absolute Gasteiger partial charge is 0.444 e. The van der Waals surface area contributed by atoms with E-state index in [1.165, 1.54) is 16.7 Å². The highest BCUT2D eigenvalue weighted by Crippen LogP contribution is 2.35. The fourth-order valence-corrected chi connectivity index (χ4v) is 7.00. The Bertz CT molecular complexity index is 1750. The molecule has 1 saturated carbocycles. The first-order chi connectivity index (χ1) is 22.5. The number of rotatable bonds is 5. The first-order valence-corrected chi connectivity index (χ1v) is 17.8. The van der Waals surface area contributed by atoms with Crippen molar-refractivity contribution in [1.29, 1.82) is 0 Å². The van der Waals surface area contributed by atoms with Gasteiger partial charge in [-0.05, 0) is 97.6 Å². The molecule has 260 valence electrons. The highest BCUT2D eigenvalue weighted by Gasteiger charge is 2.33. The normalized spacial score (nSPS) is 19.1. The smallest absolute Gasteiger partial charge is 0.420 e. The van der Waals surface area contributed by atoms with Crippen molar-refractivity contribution in [1.82, 2.24) is 24.7 Å². The van der Waals surface area contributed by atoms with Gasteiger partial charge in [-0.15, -0.1) is 0 Å². The van der Waals surface area contributed by atoms with Crippen molar-refractivity contribution in [2.75, 3.05) is 30.9 Å². The van der Waals surface area contributed by atoms with E-state index in [9.17, 15) is 22.8 Å². The van der Waals surface area contributed by atoms with E-state index in [0.717, 1.165) is 0 Å². The fourth-order valence-electron chi connectivity index (χ4n) is 5.92. The van der Waals surface area contributed by atoms with E-state index >= 15 is 0 Å². The van der Waals surface area contributed by atoms with Gasteiger partial charge in [0.15, 0.2) is 0 Å². The minimum absolute atomic E-state index is 0.0454. The molecule has 3 amide bonds. The Balaban J connectivity index is 1.27. The summed E-state index contributed by atoms with van der Waals surface area (Å²) in [6.45, 7) is 12.5. The number of nitrogens with one attached hydrogen (secondary N) is 2. The second kappa shape index (κ2) is 13.7. The summed E-state index contributed by atoms with van der Waals surface area (Å²) in [5.74, 6) is 0.463. The van der Waals surface area contributed by atoms with Gasteiger partial charge in [-0.1, -0.05) is 18.2 Å². The number of ether oxygens (including phenoxy) is 2. The summed E-state index contributed by atoms with van der Waals surface area (Å²) in [6, 6.07) is 12.8. The molecule has 1 aliphatic heterocycles. The SMILES string of the molecule is CC(C)(C)OC(=O)N1CCN(C(=O)NC2CCC(c3nc4ccc(NS(=O)(=O)c5ccccc5)cc4n3C(=O)OC(C)(C)C)CC2)CC1. The van der Waals surface area contributed by atoms with Gasteiger partial charge in [0.2, 0.25) is 0 Å². The maximum Gasteiger partial charge on any atom is 0.420 e. The summed E-state index contributed by atoms with van der Waals surface area (Å²) in [5.41, 5.74) is -0.0703. The van der Waals surface area contributed by atoms with Gasteiger partial charge >= 0.3 is 18.2 Å². The van der Waals surface area contributed by atoms with Crippen molar-refractivity contribution < 1.29 is 32.3 Å². The lowest BCUT2D eigenvalue weighted by Gasteiger charge is -2.37. The molecule has 2 aromatic carbocycles. The van der Waals surface area contributed by atoms with Crippen molar-refractivity contribution in [2.24, 2.45) is 0 Å². The Hall–Kier alpha value is -4.33. The zero-order valence-corrected chi connectivity index (χ0v) is 29.3. The zero-order chi connectivity index (χ0) is 34.9. The van der Waals surface area contributed by atoms with Crippen LogP contribution in [-0.2, 0) is 19.5 Å². The Morgan fingerprint density at radius 2 is 1.38 bits per heavy atom. The van der Waals surface area contributed by atoms with E-state index in [-0.39, 0.29) is 29.0 Å². The topological polar surface area (TPSA) is 152 Å². The number of nitrogens with zero attached hydrogens (tertiary/aromatic N) is 4. The number of fused-ring (bicyclic) bond motifs is 1. The van der Waals surface area contributed by atoms with Crippen LogP contribution in [-0.4, -0.2) is 89.4 Å². The van der Waals surface area contributed by atoms with E-state index in [1.54, 1.807) is 67.0 Å². The number of hydrogen-bond acceptors (Lipinski definition) is 8. The van der Waals surface area contributed by atoms with Crippen LogP contribution in [0.15, 0.2) is 53.4 Å². The number of piperazine rings is 1. The van der Waals surface area contributed by atoms with Crippen LogP contribution >= 0.6 is 0 Å². The van der Waals surface area contributed by atoms with Crippen molar-refractivity contribution in [3.8, 4) is 0 Å². The van der Waals surface area contributed by atoms with Crippen molar-refractivity contribution in [3.63, 3.8) is 0 Å². The predicted octanol–water partition coefficient (Wildman–Crippen LogP) is 5.91. The number of benzene rings is 2. The molecule has 14 heteroatoms. The number of aromatic nitrogens is 2. The average molecular weight is 683 g/mol. The van der Waals surface area contributed by atoms with E-state index in [0.29, 0.717) is 74.4 Å². The van der Waals surface area contributed by atoms with Crippen molar-refractivity contribution >= 4 is 45.0 Å². The number of hydrogen-bond donors (Lipinski definition) is 2. The number of carbonyl (C=O) groups excluding carboxylic acids is 3. The van der Waals surface area contributed by atoms with Crippen molar-refractivity contribution in [2.45, 2.75) is 95.3 Å². The second-order valence-corrected chi connectivity index (χ2v) is 16.0. The minimum atomic E-state index is -3.85. The summed E-state index contributed by atoms with van der Waals surface area (Å²) in [7, 11) is -3.85. The molecule has 0 spiro atoms. The second-order valence-electron chi connectivity index (χ2n) is 14.4. The molecule has 5 rings (SSSR count). The van der Waals surface area contributed by atoms with Gasteiger partial charge in [-0.25, -0.2) is 32.4 Å². The molecule has 1 aliphatic carbocycles. The van der Waals surface area contributed by atoms with Gasteiger partial charge < -0.3 is 24.6 Å². The molecular weight excluding hydrogens is 636 g/mol. The molecule has 48 heavy (non-hydrogen) atoms. The Morgan fingerprint density at radius 3 is 1.98 bits per heavy atom. The Labute approximate surface area is 282 Å². The highest BCUT2D eigenvalue weighted by molar-refractivity contribution is 7.92. The molecule has 0 unspecified atom stereocenters. The maximum atomic E-state index is 13.6. The number of sulfonamides is 1. The van der Waals surface area contributed by atoms with Crippen LogP contribution in [0.2, 0.25) is 0 Å². The van der Waals surface area contributed by atoms with Crippen molar-refractivity contribution in [3.05, 3.63) is 54.4 Å². The molecule has 1 aromatic heterocycles. The molecule has 2 fully saturated rings. The molecule has 13 nitrogen and oxygen atoms in total. The third-order valence-electron chi connectivity index (χ3n) is 8.20. The number of anilines is 1. The molecule has 3 aromatic rings. The van der Waals surface area contributed by atoms with Gasteiger partial charge in [0.25, 0.3) is 10.0 Å². The molecule has 0 radical (unpaired) electrons. The fraction of sp³-hybridized carbons (Fsp3) is 0.529. The molecule has 2 aliphatic rings. The summed E-state index contributed by atoms with van der Waals surface area (Å²) in [5, 5.41) is 3.15. The lowest BCUT2D eigenvalue weighted by molar-refractivity contribution is 0.0168. The molecule has 2 N–H and O–H groups in total. The summed E-state index contributed by atoms with van der Waals surface area (Å²) < 4.78 is 41.3. The van der Waals surface area contributed by atoms with Crippen LogP contribution < -0.4 is 10.0 Å². The van der Waals surface area contributed by atoms with Crippen LogP contribution in [0.4, 0.5) is 20.1 Å². The van der Waals surface area contributed by atoms with Gasteiger partial charge in [0, 0.05) is 38.1 Å². The van der Waals surface area contributed by atoms with E-state index in [1.807, 2.05) is 20.8 Å². The van der Waals surface area contributed by atoms with Gasteiger partial charge in [-0.2, -0.15) is 0 Å². The van der Waals surface area contributed by atoms with Crippen LogP contribution in [0.1, 0.15) is 79.0 Å². The van der Waals surface area contributed by atoms with E-state index in [2.05, 4.69) is 10.0 Å². The first-order valence-electron chi connectivity index (χ1n) is 16.4. The molecule has 1 saturated heterocycles. The Morgan fingerprint density at radius 1 is 0.792 bits per heavy atom. The van der Waals surface area contributed by atoms with Gasteiger partial charge in [-0.3, -0.25) is 4.72 Å². The molecular formula is C34H46N6O7S. The van der Waals surface area contributed by atoms with Gasteiger partial charge in [0.05, 0.1) is 21.6 Å². The summed E-state index contributed by atoms with van der Waals surface area (Å²) in [4.78, 5) is 47.4. The lowest BCUT2D eigenvalue weighted by Crippen LogP contribution is -2.55. The van der Waals surface area contributed by atoms with Crippen LogP contribution in [0, 0.1) is 0 Å². The van der Waals surface area contributed by atoms with Crippen LogP contribution in [0.3, 0.4) is 0 Å². The van der Waals surface area contributed by atoms with Gasteiger partial charge in [0.1, 0.15) is 17.0 Å². The van der Waals surface area contributed by atoms with E-state index < -0.39 is 27.3 Å². The minimum Gasteiger partial charge on any atom is -0.444 e. The third-order valence-corrected chi connectivity index (χ3v) is 9.60. The summed E-state index contributed by atoms with van der Waals surface area (Å²) in [6.07, 6.45) is 1.77. The monoisotopic (exact) mass is 682 g/mol. The Kier molecular flexibility index (Phi) is 9.95. The quantitative estimate of drug-likeness (QED) is 0.337. The lowest BCUT2D eigenvalue weighted by atomic mass is 9.85. The van der Waals surface area contributed by atoms with E-state index in [4.69, 9.17) is 14.5 Å². The molecule has 2 heterocycles. The molecule has 0 atom stereocenters. The summed E-state index contributed by atoms with van der Waals surface area (Å²) >= 11 is 0.